The number of aromatic carboxylic acids is 1. The fourth-order valence-corrected chi connectivity index (χ4v) is 1.07. The van der Waals surface area contributed by atoms with Crippen molar-refractivity contribution >= 4 is 17.6 Å². The van der Waals surface area contributed by atoms with Gasteiger partial charge in [-0.15, -0.1) is 0 Å². The van der Waals surface area contributed by atoms with Crippen molar-refractivity contribution in [1.29, 1.82) is 0 Å². The van der Waals surface area contributed by atoms with Gasteiger partial charge in [-0.1, -0.05) is 0 Å². The minimum atomic E-state index is -5.35. The van der Waals surface area contributed by atoms with Crippen LogP contribution in [0.5, 0.6) is 0 Å². The summed E-state index contributed by atoms with van der Waals surface area (Å²) in [7, 11) is 0. The van der Waals surface area contributed by atoms with E-state index in [-0.39, 0.29) is 0 Å². The molecule has 0 fully saturated rings. The van der Waals surface area contributed by atoms with Gasteiger partial charge >= 0.3 is 18.1 Å². The smallest absolute Gasteiger partial charge is 0.471 e. The van der Waals surface area contributed by atoms with Crippen LogP contribution in [0, 0.1) is 11.6 Å². The molecule has 0 aliphatic rings. The molecule has 0 unspecified atom stereocenters. The molecule has 0 heterocycles. The van der Waals surface area contributed by atoms with Crippen molar-refractivity contribution in [2.24, 2.45) is 0 Å². The SMILES string of the molecule is O=C(O)c1c(F)ccc(F)c1NC(=O)C(F)(F)F. The van der Waals surface area contributed by atoms with Gasteiger partial charge in [0.05, 0.1) is 5.69 Å². The summed E-state index contributed by atoms with van der Waals surface area (Å²) >= 11 is 0. The number of hydrogen-bond donors (Lipinski definition) is 2. The molecular weight excluding hydrogens is 265 g/mol. The van der Waals surface area contributed by atoms with Crippen LogP contribution in [0.3, 0.4) is 0 Å². The third-order valence-corrected chi connectivity index (χ3v) is 1.81. The fraction of sp³-hybridized carbons (Fsp3) is 0.111. The summed E-state index contributed by atoms with van der Waals surface area (Å²) in [5.41, 5.74) is -2.75. The lowest BCUT2D eigenvalue weighted by Gasteiger charge is -2.11. The van der Waals surface area contributed by atoms with Crippen LogP contribution >= 0.6 is 0 Å². The highest BCUT2D eigenvalue weighted by molar-refractivity contribution is 6.02. The standard InChI is InChI=1S/C9H4F5NO3/c10-3-1-2-4(11)6(5(3)7(16)17)15-8(18)9(12,13)14/h1-2H,(H,15,18)(H,16,17). The second-order valence-electron chi connectivity index (χ2n) is 3.04. The fourth-order valence-electron chi connectivity index (χ4n) is 1.07. The van der Waals surface area contributed by atoms with Crippen LogP contribution in [0.1, 0.15) is 10.4 Å². The summed E-state index contributed by atoms with van der Waals surface area (Å²) in [6, 6.07) is 0.815. The van der Waals surface area contributed by atoms with Gasteiger partial charge in [0.2, 0.25) is 0 Å². The molecule has 0 aliphatic heterocycles. The highest BCUT2D eigenvalue weighted by Gasteiger charge is 2.40. The highest BCUT2D eigenvalue weighted by Crippen LogP contribution is 2.25. The normalized spacial score (nSPS) is 11.2. The van der Waals surface area contributed by atoms with Gasteiger partial charge in [0.1, 0.15) is 17.2 Å². The van der Waals surface area contributed by atoms with Crippen LogP contribution in [0.25, 0.3) is 0 Å². The van der Waals surface area contributed by atoms with E-state index in [2.05, 4.69) is 0 Å². The second kappa shape index (κ2) is 4.59. The van der Waals surface area contributed by atoms with Crippen LogP contribution in [-0.2, 0) is 4.79 Å². The number of hydrogen-bond acceptors (Lipinski definition) is 2. The molecular formula is C9H4F5NO3. The number of carboxylic acid groups (broad SMARTS) is 1. The molecule has 0 atom stereocenters. The number of benzene rings is 1. The molecule has 9 heteroatoms. The average molecular weight is 269 g/mol. The summed E-state index contributed by atoms with van der Waals surface area (Å²) in [4.78, 5) is 21.1. The van der Waals surface area contributed by atoms with Crippen molar-refractivity contribution in [3.63, 3.8) is 0 Å². The molecule has 0 aromatic heterocycles. The maximum absolute atomic E-state index is 13.1. The van der Waals surface area contributed by atoms with E-state index in [1.54, 1.807) is 0 Å². The van der Waals surface area contributed by atoms with Crippen molar-refractivity contribution in [3.8, 4) is 0 Å². The van der Waals surface area contributed by atoms with Gasteiger partial charge in [-0.2, -0.15) is 13.2 Å². The molecule has 2 N–H and O–H groups in total. The van der Waals surface area contributed by atoms with Gasteiger partial charge in [0.25, 0.3) is 0 Å². The van der Waals surface area contributed by atoms with Crippen LogP contribution in [-0.4, -0.2) is 23.2 Å². The molecule has 0 saturated carbocycles. The Kier molecular flexibility index (Phi) is 3.54. The zero-order valence-corrected chi connectivity index (χ0v) is 8.31. The number of halogens is 5. The average Bonchev–Trinajstić information content (AvgIpc) is 2.21. The molecule has 4 nitrogen and oxygen atoms in total. The maximum Gasteiger partial charge on any atom is 0.471 e. The molecule has 0 saturated heterocycles. The number of carboxylic acids is 1. The molecule has 1 aromatic rings. The largest absolute Gasteiger partial charge is 0.478 e. The van der Waals surface area contributed by atoms with Crippen LogP contribution < -0.4 is 5.32 Å². The van der Waals surface area contributed by atoms with Crippen molar-refractivity contribution in [2.75, 3.05) is 5.32 Å². The minimum absolute atomic E-state index is 0.397. The maximum atomic E-state index is 13.1. The summed E-state index contributed by atoms with van der Waals surface area (Å²) in [5.74, 6) is -7.58. The lowest BCUT2D eigenvalue weighted by Crippen LogP contribution is -2.31. The van der Waals surface area contributed by atoms with Crippen LogP contribution in [0.4, 0.5) is 27.6 Å². The first kappa shape index (κ1) is 13.9. The van der Waals surface area contributed by atoms with E-state index in [4.69, 9.17) is 5.11 Å². The molecule has 1 aromatic carbocycles. The topological polar surface area (TPSA) is 66.4 Å². The Hall–Kier alpha value is -2.19. The second-order valence-corrected chi connectivity index (χ2v) is 3.04. The molecule has 98 valence electrons. The highest BCUT2D eigenvalue weighted by atomic mass is 19.4. The first-order valence-corrected chi connectivity index (χ1v) is 4.24. The minimum Gasteiger partial charge on any atom is -0.478 e. The predicted octanol–water partition coefficient (Wildman–Crippen LogP) is 2.16. The lowest BCUT2D eigenvalue weighted by atomic mass is 10.1. The molecule has 18 heavy (non-hydrogen) atoms. The molecule has 1 amide bonds. The quantitative estimate of drug-likeness (QED) is 0.808. The number of rotatable bonds is 2. The summed E-state index contributed by atoms with van der Waals surface area (Å²) in [5, 5.41) is 9.53. The number of carbonyl (C=O) groups excluding carboxylic acids is 1. The van der Waals surface area contributed by atoms with Gasteiger partial charge in [-0.25, -0.2) is 13.6 Å². The van der Waals surface area contributed by atoms with Gasteiger partial charge in [0.15, 0.2) is 0 Å². The summed E-state index contributed by atoms with van der Waals surface area (Å²) in [6.45, 7) is 0. The van der Waals surface area contributed by atoms with Gasteiger partial charge < -0.3 is 10.4 Å². The Morgan fingerprint density at radius 2 is 1.61 bits per heavy atom. The summed E-state index contributed by atoms with van der Waals surface area (Å²) in [6.07, 6.45) is -5.35. The molecule has 0 aliphatic carbocycles. The third kappa shape index (κ3) is 2.73. The van der Waals surface area contributed by atoms with E-state index in [0.29, 0.717) is 12.1 Å². The van der Waals surface area contributed by atoms with Crippen molar-refractivity contribution < 1.29 is 36.6 Å². The van der Waals surface area contributed by atoms with E-state index in [1.807, 2.05) is 0 Å². The van der Waals surface area contributed by atoms with E-state index >= 15 is 0 Å². The third-order valence-electron chi connectivity index (χ3n) is 1.81. The monoisotopic (exact) mass is 269 g/mol. The number of carbonyl (C=O) groups is 2. The zero-order valence-electron chi connectivity index (χ0n) is 8.31. The number of anilines is 1. The van der Waals surface area contributed by atoms with Crippen molar-refractivity contribution in [1.82, 2.24) is 0 Å². The lowest BCUT2D eigenvalue weighted by molar-refractivity contribution is -0.167. The van der Waals surface area contributed by atoms with E-state index in [9.17, 15) is 31.5 Å². The van der Waals surface area contributed by atoms with Crippen LogP contribution in [0.15, 0.2) is 12.1 Å². The Morgan fingerprint density at radius 3 is 2.06 bits per heavy atom. The van der Waals surface area contributed by atoms with Gasteiger partial charge in [-0.05, 0) is 12.1 Å². The van der Waals surface area contributed by atoms with E-state index in [0.717, 1.165) is 5.32 Å². The van der Waals surface area contributed by atoms with Crippen molar-refractivity contribution in [3.05, 3.63) is 29.3 Å². The first-order chi connectivity index (χ1) is 8.14. The Bertz CT molecular complexity index is 512. The number of alkyl halides is 3. The van der Waals surface area contributed by atoms with E-state index < -0.39 is 40.9 Å². The first-order valence-electron chi connectivity index (χ1n) is 4.24. The molecule has 0 radical (unpaired) electrons. The molecule has 0 bridgehead atoms. The number of amides is 1. The van der Waals surface area contributed by atoms with E-state index in [1.165, 1.54) is 0 Å². The molecule has 1 rings (SSSR count). The summed E-state index contributed by atoms with van der Waals surface area (Å²) < 4.78 is 61.9. The number of nitrogens with one attached hydrogen (secondary N) is 1. The van der Waals surface area contributed by atoms with Gasteiger partial charge in [-0.3, -0.25) is 4.79 Å². The van der Waals surface area contributed by atoms with Gasteiger partial charge in [0, 0.05) is 0 Å². The Balaban J connectivity index is 3.28. The predicted molar refractivity (Wildman–Crippen MR) is 48.0 cm³/mol. The molecule has 0 spiro atoms. The van der Waals surface area contributed by atoms with Crippen LogP contribution in [0.2, 0.25) is 0 Å². The Morgan fingerprint density at radius 1 is 1.11 bits per heavy atom. The van der Waals surface area contributed by atoms with Crippen molar-refractivity contribution in [2.45, 2.75) is 6.18 Å². The zero-order chi connectivity index (χ0) is 14.1. The Labute approximate surface area is 96.0 Å².